The first-order valence-corrected chi connectivity index (χ1v) is 12.6. The van der Waals surface area contributed by atoms with Crippen molar-refractivity contribution in [3.8, 4) is 11.1 Å². The maximum absolute atomic E-state index is 13.2. The number of alkyl halides is 6. The second kappa shape index (κ2) is 11.5. The fourth-order valence-corrected chi connectivity index (χ4v) is 4.71. The first-order chi connectivity index (χ1) is 18.3. The average molecular weight is 570 g/mol. The summed E-state index contributed by atoms with van der Waals surface area (Å²) in [6.45, 7) is 3.21. The Kier molecular flexibility index (Phi) is 8.46. The van der Waals surface area contributed by atoms with Gasteiger partial charge in [-0.2, -0.15) is 26.3 Å². The number of benzene rings is 3. The molecule has 39 heavy (non-hydrogen) atoms. The molecule has 11 heteroatoms. The first kappa shape index (κ1) is 28.8. The molecule has 0 bridgehead atoms. The van der Waals surface area contributed by atoms with Gasteiger partial charge in [0, 0.05) is 54.6 Å². The zero-order chi connectivity index (χ0) is 28.4. The standard InChI is InChI=1S/C28H26ClF6N3O/c1-37-10-12-38(13-11-37)21-6-7-23(24(17-21)22-4-2-3-5-25(22)29)26(39)36-9-8-18-14-19(27(30,31)32)16-20(15-18)28(33,34)35/h2-7,14-17H,8-13H2,1H3,(H,36,39). The molecule has 1 fully saturated rings. The Morgan fingerprint density at radius 1 is 0.846 bits per heavy atom. The van der Waals surface area contributed by atoms with Crippen molar-refractivity contribution in [2.45, 2.75) is 18.8 Å². The van der Waals surface area contributed by atoms with Gasteiger partial charge >= 0.3 is 12.4 Å². The summed E-state index contributed by atoms with van der Waals surface area (Å²) in [5.41, 5.74) is -0.548. The number of halogens is 7. The van der Waals surface area contributed by atoms with Crippen LogP contribution in [-0.2, 0) is 18.8 Å². The molecular weight excluding hydrogens is 544 g/mol. The van der Waals surface area contributed by atoms with Crippen LogP contribution in [-0.4, -0.2) is 50.6 Å². The van der Waals surface area contributed by atoms with E-state index in [1.807, 2.05) is 19.2 Å². The van der Waals surface area contributed by atoms with Crippen molar-refractivity contribution in [2.24, 2.45) is 0 Å². The molecule has 208 valence electrons. The normalized spacial score (nSPS) is 14.9. The molecular formula is C28H26ClF6N3O. The molecule has 0 saturated carbocycles. The molecule has 1 N–H and O–H groups in total. The highest BCUT2D eigenvalue weighted by atomic mass is 35.5. The van der Waals surface area contributed by atoms with Gasteiger partial charge in [-0.15, -0.1) is 0 Å². The van der Waals surface area contributed by atoms with Crippen LogP contribution < -0.4 is 10.2 Å². The molecule has 1 amide bonds. The van der Waals surface area contributed by atoms with E-state index in [0.29, 0.717) is 33.8 Å². The Bertz CT molecular complexity index is 1300. The average Bonchev–Trinajstić information content (AvgIpc) is 2.88. The smallest absolute Gasteiger partial charge is 0.369 e. The lowest BCUT2D eigenvalue weighted by Crippen LogP contribution is -2.44. The van der Waals surface area contributed by atoms with E-state index < -0.39 is 29.4 Å². The van der Waals surface area contributed by atoms with E-state index in [0.717, 1.165) is 31.9 Å². The second-order valence-corrected chi connectivity index (χ2v) is 9.83. The number of nitrogens with zero attached hydrogens (tertiary/aromatic N) is 2. The molecule has 3 aromatic carbocycles. The van der Waals surface area contributed by atoms with Crippen LogP contribution in [0.2, 0.25) is 5.02 Å². The lowest BCUT2D eigenvalue weighted by molar-refractivity contribution is -0.143. The summed E-state index contributed by atoms with van der Waals surface area (Å²) in [5.74, 6) is -0.516. The van der Waals surface area contributed by atoms with Crippen LogP contribution in [0.5, 0.6) is 0 Å². The number of hydrogen-bond donors (Lipinski definition) is 1. The van der Waals surface area contributed by atoms with Gasteiger partial charge in [-0.25, -0.2) is 0 Å². The summed E-state index contributed by atoms with van der Waals surface area (Å²) < 4.78 is 79.1. The third-order valence-electron chi connectivity index (χ3n) is 6.63. The summed E-state index contributed by atoms with van der Waals surface area (Å²) >= 11 is 6.44. The Morgan fingerprint density at radius 3 is 2.05 bits per heavy atom. The SMILES string of the molecule is CN1CCN(c2ccc(C(=O)NCCc3cc(C(F)(F)F)cc(C(F)(F)F)c3)c(-c3ccccc3Cl)c2)CC1. The van der Waals surface area contributed by atoms with Gasteiger partial charge in [0.05, 0.1) is 11.1 Å². The topological polar surface area (TPSA) is 35.6 Å². The van der Waals surface area contributed by atoms with E-state index in [9.17, 15) is 31.1 Å². The number of carbonyl (C=O) groups is 1. The maximum atomic E-state index is 13.2. The second-order valence-electron chi connectivity index (χ2n) is 9.42. The highest BCUT2D eigenvalue weighted by molar-refractivity contribution is 6.33. The van der Waals surface area contributed by atoms with Crippen molar-refractivity contribution in [3.63, 3.8) is 0 Å². The number of amides is 1. The Hall–Kier alpha value is -3.24. The van der Waals surface area contributed by atoms with E-state index in [4.69, 9.17) is 11.6 Å². The van der Waals surface area contributed by atoms with E-state index in [2.05, 4.69) is 15.1 Å². The number of hydrogen-bond acceptors (Lipinski definition) is 3. The molecule has 0 atom stereocenters. The third-order valence-corrected chi connectivity index (χ3v) is 6.96. The minimum Gasteiger partial charge on any atom is -0.369 e. The van der Waals surface area contributed by atoms with Crippen LogP contribution in [0.1, 0.15) is 27.0 Å². The van der Waals surface area contributed by atoms with Gasteiger partial charge in [-0.05, 0) is 67.1 Å². The monoisotopic (exact) mass is 569 g/mol. The Labute approximate surface area is 227 Å². The molecule has 1 heterocycles. The van der Waals surface area contributed by atoms with Gasteiger partial charge in [0.25, 0.3) is 5.91 Å². The minimum atomic E-state index is -4.94. The highest BCUT2D eigenvalue weighted by Gasteiger charge is 2.36. The molecule has 3 aromatic rings. The number of piperazine rings is 1. The zero-order valence-corrected chi connectivity index (χ0v) is 21.7. The van der Waals surface area contributed by atoms with E-state index in [-0.39, 0.29) is 24.6 Å². The van der Waals surface area contributed by atoms with Crippen molar-refractivity contribution in [3.05, 3.63) is 87.9 Å². The fraction of sp³-hybridized carbons (Fsp3) is 0.321. The molecule has 1 saturated heterocycles. The van der Waals surface area contributed by atoms with Gasteiger partial charge in [-0.3, -0.25) is 4.79 Å². The lowest BCUT2D eigenvalue weighted by Gasteiger charge is -2.34. The Morgan fingerprint density at radius 2 is 1.46 bits per heavy atom. The van der Waals surface area contributed by atoms with Crippen LogP contribution in [0.15, 0.2) is 60.7 Å². The van der Waals surface area contributed by atoms with E-state index >= 15 is 0 Å². The molecule has 4 nitrogen and oxygen atoms in total. The van der Waals surface area contributed by atoms with Crippen molar-refractivity contribution in [1.82, 2.24) is 10.2 Å². The Balaban J connectivity index is 1.57. The lowest BCUT2D eigenvalue weighted by atomic mass is 9.97. The minimum absolute atomic E-state index is 0.0832. The molecule has 1 aliphatic heterocycles. The molecule has 0 radical (unpaired) electrons. The third kappa shape index (κ3) is 7.05. The molecule has 0 aliphatic carbocycles. The number of nitrogens with one attached hydrogen (secondary N) is 1. The molecule has 0 aromatic heterocycles. The quantitative estimate of drug-likeness (QED) is 0.333. The summed E-state index contributed by atoms with van der Waals surface area (Å²) in [6, 6.07) is 13.8. The van der Waals surface area contributed by atoms with Gasteiger partial charge in [0.2, 0.25) is 0 Å². The van der Waals surface area contributed by atoms with Crippen LogP contribution >= 0.6 is 11.6 Å². The molecule has 0 spiro atoms. The number of anilines is 1. The fourth-order valence-electron chi connectivity index (χ4n) is 4.47. The summed E-state index contributed by atoms with van der Waals surface area (Å²) in [5, 5.41) is 3.07. The zero-order valence-electron chi connectivity index (χ0n) is 21.0. The van der Waals surface area contributed by atoms with E-state index in [1.165, 1.54) is 0 Å². The highest BCUT2D eigenvalue weighted by Crippen LogP contribution is 2.37. The predicted molar refractivity (Wildman–Crippen MR) is 139 cm³/mol. The largest absolute Gasteiger partial charge is 0.416 e. The van der Waals surface area contributed by atoms with Gasteiger partial charge in [0.15, 0.2) is 0 Å². The van der Waals surface area contributed by atoms with E-state index in [1.54, 1.807) is 30.3 Å². The first-order valence-electron chi connectivity index (χ1n) is 12.2. The molecule has 0 unspecified atom stereocenters. The van der Waals surface area contributed by atoms with Crippen LogP contribution in [0.4, 0.5) is 32.0 Å². The van der Waals surface area contributed by atoms with Crippen LogP contribution in [0.25, 0.3) is 11.1 Å². The van der Waals surface area contributed by atoms with Crippen LogP contribution in [0.3, 0.4) is 0 Å². The van der Waals surface area contributed by atoms with Crippen LogP contribution in [0, 0.1) is 0 Å². The predicted octanol–water partition coefficient (Wildman–Crippen LogP) is 6.77. The number of rotatable bonds is 6. The van der Waals surface area contributed by atoms with Gasteiger partial charge in [0.1, 0.15) is 0 Å². The number of carbonyl (C=O) groups excluding carboxylic acids is 1. The van der Waals surface area contributed by atoms with Gasteiger partial charge in [-0.1, -0.05) is 29.8 Å². The summed E-state index contributed by atoms with van der Waals surface area (Å²) in [4.78, 5) is 17.6. The number of likely N-dealkylation sites (N-methyl/N-ethyl adjacent to an activating group) is 1. The van der Waals surface area contributed by atoms with Gasteiger partial charge < -0.3 is 15.1 Å². The van der Waals surface area contributed by atoms with Crippen molar-refractivity contribution >= 4 is 23.2 Å². The van der Waals surface area contributed by atoms with Crippen molar-refractivity contribution in [1.29, 1.82) is 0 Å². The maximum Gasteiger partial charge on any atom is 0.416 e. The molecule has 4 rings (SSSR count). The summed E-state index contributed by atoms with van der Waals surface area (Å²) in [7, 11) is 2.04. The molecule has 1 aliphatic rings. The summed E-state index contributed by atoms with van der Waals surface area (Å²) in [6.07, 6.45) is -10.1. The van der Waals surface area contributed by atoms with Crippen molar-refractivity contribution in [2.75, 3.05) is 44.7 Å². The van der Waals surface area contributed by atoms with Crippen molar-refractivity contribution < 1.29 is 31.1 Å².